The monoisotopic (exact) mass is 277 g/mol. The zero-order valence-corrected chi connectivity index (χ0v) is 10.6. The zero-order chi connectivity index (χ0) is 13.8. The Morgan fingerprint density at radius 2 is 1.84 bits per heavy atom. The standard InChI is InChI=1S/C14H12ClNO3/c15-10-6-7-12(17)11(8-10)16-14(19)13(18)9-4-2-1-3-5-9/h1-8,13,17-18H,(H,16,19). The second-order valence-electron chi connectivity index (χ2n) is 3.96. The topological polar surface area (TPSA) is 69.6 Å². The highest BCUT2D eigenvalue weighted by atomic mass is 35.5. The molecule has 0 saturated carbocycles. The lowest BCUT2D eigenvalue weighted by molar-refractivity contribution is -0.124. The number of carbonyl (C=O) groups is 1. The first-order valence-electron chi connectivity index (χ1n) is 5.60. The highest BCUT2D eigenvalue weighted by molar-refractivity contribution is 6.31. The van der Waals surface area contributed by atoms with Crippen LogP contribution < -0.4 is 5.32 Å². The Hall–Kier alpha value is -2.04. The maximum absolute atomic E-state index is 11.9. The third-order valence-corrected chi connectivity index (χ3v) is 2.82. The van der Waals surface area contributed by atoms with Gasteiger partial charge in [-0.1, -0.05) is 41.9 Å². The summed E-state index contributed by atoms with van der Waals surface area (Å²) in [7, 11) is 0. The molecule has 3 N–H and O–H groups in total. The van der Waals surface area contributed by atoms with E-state index in [9.17, 15) is 15.0 Å². The Bertz CT molecular complexity index is 586. The molecule has 0 aliphatic heterocycles. The molecule has 1 atom stereocenters. The molecule has 0 fully saturated rings. The van der Waals surface area contributed by atoms with Crippen molar-refractivity contribution in [2.75, 3.05) is 5.32 Å². The highest BCUT2D eigenvalue weighted by Crippen LogP contribution is 2.27. The predicted octanol–water partition coefficient (Wildman–Crippen LogP) is 2.72. The molecule has 2 aromatic carbocycles. The summed E-state index contributed by atoms with van der Waals surface area (Å²) in [5.41, 5.74) is 0.633. The molecular formula is C14H12ClNO3. The number of aromatic hydroxyl groups is 1. The number of hydrogen-bond acceptors (Lipinski definition) is 3. The quantitative estimate of drug-likeness (QED) is 0.756. The van der Waals surface area contributed by atoms with Crippen LogP contribution in [0.3, 0.4) is 0 Å². The number of hydrogen-bond donors (Lipinski definition) is 3. The molecule has 0 radical (unpaired) electrons. The maximum atomic E-state index is 11.9. The highest BCUT2D eigenvalue weighted by Gasteiger charge is 2.18. The smallest absolute Gasteiger partial charge is 0.257 e. The molecule has 0 saturated heterocycles. The van der Waals surface area contributed by atoms with Gasteiger partial charge in [0.05, 0.1) is 5.69 Å². The van der Waals surface area contributed by atoms with Gasteiger partial charge in [0.15, 0.2) is 6.10 Å². The molecule has 19 heavy (non-hydrogen) atoms. The van der Waals surface area contributed by atoms with E-state index in [4.69, 9.17) is 11.6 Å². The number of phenols is 1. The average molecular weight is 278 g/mol. The predicted molar refractivity (Wildman–Crippen MR) is 73.1 cm³/mol. The van der Waals surface area contributed by atoms with Crippen molar-refractivity contribution in [1.82, 2.24) is 0 Å². The van der Waals surface area contributed by atoms with Gasteiger partial charge in [-0.05, 0) is 23.8 Å². The second-order valence-corrected chi connectivity index (χ2v) is 4.40. The van der Waals surface area contributed by atoms with E-state index in [2.05, 4.69) is 5.32 Å². The van der Waals surface area contributed by atoms with Crippen molar-refractivity contribution in [2.24, 2.45) is 0 Å². The van der Waals surface area contributed by atoms with Gasteiger partial charge in [0.25, 0.3) is 5.91 Å². The fourth-order valence-corrected chi connectivity index (χ4v) is 1.77. The van der Waals surface area contributed by atoms with Crippen LogP contribution in [-0.2, 0) is 4.79 Å². The van der Waals surface area contributed by atoms with Gasteiger partial charge in [0, 0.05) is 5.02 Å². The molecule has 4 nitrogen and oxygen atoms in total. The molecule has 0 aromatic heterocycles. The zero-order valence-electron chi connectivity index (χ0n) is 9.88. The molecule has 0 bridgehead atoms. The summed E-state index contributed by atoms with van der Waals surface area (Å²) >= 11 is 5.77. The van der Waals surface area contributed by atoms with Crippen LogP contribution in [0.15, 0.2) is 48.5 Å². The largest absolute Gasteiger partial charge is 0.506 e. The summed E-state index contributed by atoms with van der Waals surface area (Å²) in [5, 5.41) is 22.3. The van der Waals surface area contributed by atoms with Gasteiger partial charge in [-0.2, -0.15) is 0 Å². The van der Waals surface area contributed by atoms with E-state index in [1.54, 1.807) is 30.3 Å². The van der Waals surface area contributed by atoms with Crippen LogP contribution >= 0.6 is 11.6 Å². The normalized spacial score (nSPS) is 11.9. The van der Waals surface area contributed by atoms with Gasteiger partial charge in [-0.15, -0.1) is 0 Å². The lowest BCUT2D eigenvalue weighted by atomic mass is 10.1. The number of halogens is 1. The third-order valence-electron chi connectivity index (χ3n) is 2.58. The van der Waals surface area contributed by atoms with Crippen LogP contribution in [0, 0.1) is 0 Å². The summed E-state index contributed by atoms with van der Waals surface area (Å²) in [4.78, 5) is 11.9. The van der Waals surface area contributed by atoms with Crippen LogP contribution in [0.1, 0.15) is 11.7 Å². The molecule has 2 rings (SSSR count). The van der Waals surface area contributed by atoms with Crippen molar-refractivity contribution < 1.29 is 15.0 Å². The maximum Gasteiger partial charge on any atom is 0.257 e. The van der Waals surface area contributed by atoms with Crippen LogP contribution in [0.4, 0.5) is 5.69 Å². The molecule has 0 heterocycles. The van der Waals surface area contributed by atoms with Crippen LogP contribution in [0.5, 0.6) is 5.75 Å². The Balaban J connectivity index is 2.15. The first kappa shape index (κ1) is 13.4. The minimum absolute atomic E-state index is 0.113. The lowest BCUT2D eigenvalue weighted by Crippen LogP contribution is -2.20. The number of anilines is 1. The van der Waals surface area contributed by atoms with Crippen molar-refractivity contribution in [2.45, 2.75) is 6.10 Å². The Morgan fingerprint density at radius 1 is 1.16 bits per heavy atom. The average Bonchev–Trinajstić information content (AvgIpc) is 2.43. The first-order valence-corrected chi connectivity index (χ1v) is 5.98. The number of rotatable bonds is 3. The summed E-state index contributed by atoms with van der Waals surface area (Å²) in [5.74, 6) is -0.748. The molecule has 2 aromatic rings. The molecule has 0 aliphatic rings. The minimum atomic E-state index is -1.31. The van der Waals surface area contributed by atoms with Crippen molar-refractivity contribution in [3.63, 3.8) is 0 Å². The van der Waals surface area contributed by atoms with E-state index >= 15 is 0 Å². The number of benzene rings is 2. The Morgan fingerprint density at radius 3 is 2.53 bits per heavy atom. The van der Waals surface area contributed by atoms with E-state index in [1.807, 2.05) is 0 Å². The van der Waals surface area contributed by atoms with E-state index in [1.165, 1.54) is 18.2 Å². The number of aliphatic hydroxyl groups is 1. The molecule has 98 valence electrons. The number of nitrogens with one attached hydrogen (secondary N) is 1. The van der Waals surface area contributed by atoms with Crippen molar-refractivity contribution >= 4 is 23.2 Å². The summed E-state index contributed by atoms with van der Waals surface area (Å²) in [6.45, 7) is 0. The Kier molecular flexibility index (Phi) is 4.04. The summed E-state index contributed by atoms with van der Waals surface area (Å²) in [6.07, 6.45) is -1.31. The van der Waals surface area contributed by atoms with Gasteiger partial charge in [-0.25, -0.2) is 0 Å². The third kappa shape index (κ3) is 3.24. The van der Waals surface area contributed by atoms with E-state index in [0.29, 0.717) is 10.6 Å². The van der Waals surface area contributed by atoms with E-state index in [-0.39, 0.29) is 11.4 Å². The van der Waals surface area contributed by atoms with Crippen molar-refractivity contribution in [1.29, 1.82) is 0 Å². The van der Waals surface area contributed by atoms with Gasteiger partial charge >= 0.3 is 0 Å². The summed E-state index contributed by atoms with van der Waals surface area (Å²) in [6, 6.07) is 12.8. The number of aliphatic hydroxyl groups excluding tert-OH is 1. The Labute approximate surface area is 115 Å². The van der Waals surface area contributed by atoms with Crippen LogP contribution in [0.2, 0.25) is 5.02 Å². The minimum Gasteiger partial charge on any atom is -0.506 e. The molecule has 5 heteroatoms. The van der Waals surface area contributed by atoms with E-state index in [0.717, 1.165) is 0 Å². The van der Waals surface area contributed by atoms with Crippen LogP contribution in [0.25, 0.3) is 0 Å². The summed E-state index contributed by atoms with van der Waals surface area (Å²) < 4.78 is 0. The van der Waals surface area contributed by atoms with Crippen molar-refractivity contribution in [3.8, 4) is 5.75 Å². The number of phenolic OH excluding ortho intramolecular Hbond substituents is 1. The molecule has 0 aliphatic carbocycles. The molecular weight excluding hydrogens is 266 g/mol. The molecule has 0 spiro atoms. The molecule has 1 unspecified atom stereocenters. The number of amides is 1. The van der Waals surface area contributed by atoms with E-state index < -0.39 is 12.0 Å². The van der Waals surface area contributed by atoms with Gasteiger partial charge < -0.3 is 15.5 Å². The fourth-order valence-electron chi connectivity index (χ4n) is 1.60. The van der Waals surface area contributed by atoms with Gasteiger partial charge in [-0.3, -0.25) is 4.79 Å². The SMILES string of the molecule is O=C(Nc1cc(Cl)ccc1O)C(O)c1ccccc1. The van der Waals surface area contributed by atoms with Gasteiger partial charge in [0.2, 0.25) is 0 Å². The fraction of sp³-hybridized carbons (Fsp3) is 0.0714. The van der Waals surface area contributed by atoms with Gasteiger partial charge in [0.1, 0.15) is 5.75 Å². The first-order chi connectivity index (χ1) is 9.08. The molecule has 1 amide bonds. The lowest BCUT2D eigenvalue weighted by Gasteiger charge is -2.12. The van der Waals surface area contributed by atoms with Crippen LogP contribution in [-0.4, -0.2) is 16.1 Å². The second kappa shape index (κ2) is 5.73. The van der Waals surface area contributed by atoms with Crippen molar-refractivity contribution in [3.05, 3.63) is 59.1 Å². The number of carbonyl (C=O) groups excluding carboxylic acids is 1.